The van der Waals surface area contributed by atoms with Gasteiger partial charge in [-0.1, -0.05) is 30.3 Å². The van der Waals surface area contributed by atoms with Gasteiger partial charge in [-0.05, 0) is 36.2 Å². The summed E-state index contributed by atoms with van der Waals surface area (Å²) in [6.45, 7) is 1.46. The summed E-state index contributed by atoms with van der Waals surface area (Å²) in [7, 11) is 1.41. The zero-order valence-corrected chi connectivity index (χ0v) is 20.1. The number of nitrogens with one attached hydrogen (secondary N) is 1. The molecule has 1 saturated heterocycles. The molecule has 11 heteroatoms. The summed E-state index contributed by atoms with van der Waals surface area (Å²) in [5.41, 5.74) is 1.01. The Hall–Kier alpha value is -4.15. The van der Waals surface area contributed by atoms with E-state index in [2.05, 4.69) is 25.1 Å². The minimum Gasteiger partial charge on any atom is -0.494 e. The van der Waals surface area contributed by atoms with Gasteiger partial charge < -0.3 is 14.5 Å². The van der Waals surface area contributed by atoms with E-state index in [0.717, 1.165) is 17.3 Å². The lowest BCUT2D eigenvalue weighted by atomic mass is 10.00. The van der Waals surface area contributed by atoms with Crippen molar-refractivity contribution in [1.29, 1.82) is 0 Å². The summed E-state index contributed by atoms with van der Waals surface area (Å²) < 4.78 is 45.4. The van der Waals surface area contributed by atoms with Crippen LogP contribution >= 0.6 is 0 Å². The number of benzene rings is 2. The van der Waals surface area contributed by atoms with Gasteiger partial charge in [-0.25, -0.2) is 9.97 Å². The highest BCUT2D eigenvalue weighted by Crippen LogP contribution is 2.37. The fourth-order valence-electron chi connectivity index (χ4n) is 4.80. The van der Waals surface area contributed by atoms with Gasteiger partial charge in [-0.3, -0.25) is 9.89 Å². The first-order valence-electron chi connectivity index (χ1n) is 11.8. The van der Waals surface area contributed by atoms with Crippen LogP contribution in [0.3, 0.4) is 0 Å². The third-order valence-electron chi connectivity index (χ3n) is 6.55. The van der Waals surface area contributed by atoms with E-state index >= 15 is 0 Å². The number of hydrogen-bond acceptors (Lipinski definition) is 6. The maximum absolute atomic E-state index is 13.4. The number of fused-ring (bicyclic) bond motifs is 1. The van der Waals surface area contributed by atoms with Crippen molar-refractivity contribution in [3.63, 3.8) is 0 Å². The van der Waals surface area contributed by atoms with E-state index in [4.69, 9.17) is 4.74 Å². The summed E-state index contributed by atoms with van der Waals surface area (Å²) in [6, 6.07) is 15.6. The van der Waals surface area contributed by atoms with Crippen molar-refractivity contribution in [3.8, 4) is 5.75 Å². The molecule has 1 aliphatic rings. The Labute approximate surface area is 211 Å². The number of anilines is 1. The number of alkyl halides is 3. The Bertz CT molecular complexity index is 1380. The molecule has 1 amide bonds. The van der Waals surface area contributed by atoms with Crippen LogP contribution in [0.5, 0.6) is 5.75 Å². The lowest BCUT2D eigenvalue weighted by Gasteiger charge is -2.43. The normalized spacial score (nSPS) is 16.3. The van der Waals surface area contributed by atoms with Crippen LogP contribution in [0.25, 0.3) is 10.9 Å². The van der Waals surface area contributed by atoms with Crippen LogP contribution < -0.4 is 9.64 Å². The van der Waals surface area contributed by atoms with Gasteiger partial charge in [-0.2, -0.15) is 18.3 Å². The van der Waals surface area contributed by atoms with Crippen LogP contribution in [0.1, 0.15) is 17.1 Å². The van der Waals surface area contributed by atoms with E-state index in [1.54, 1.807) is 6.07 Å². The van der Waals surface area contributed by atoms with Crippen LogP contribution in [0.4, 0.5) is 18.9 Å². The van der Waals surface area contributed by atoms with Crippen LogP contribution in [-0.2, 0) is 23.8 Å². The topological polar surface area (TPSA) is 87.2 Å². The number of carbonyl (C=O) groups is 1. The van der Waals surface area contributed by atoms with Crippen molar-refractivity contribution in [2.75, 3.05) is 31.6 Å². The summed E-state index contributed by atoms with van der Waals surface area (Å²) >= 11 is 0. The molecule has 0 bridgehead atoms. The molecule has 192 valence electrons. The highest BCUT2D eigenvalue weighted by molar-refractivity contribution is 5.96. The van der Waals surface area contributed by atoms with Crippen LogP contribution in [0.15, 0.2) is 60.9 Å². The fourth-order valence-corrected chi connectivity index (χ4v) is 4.80. The third-order valence-corrected chi connectivity index (χ3v) is 6.55. The van der Waals surface area contributed by atoms with Gasteiger partial charge in [0.1, 0.15) is 29.1 Å². The van der Waals surface area contributed by atoms with Gasteiger partial charge in [0.25, 0.3) is 0 Å². The second kappa shape index (κ2) is 10.1. The van der Waals surface area contributed by atoms with Gasteiger partial charge >= 0.3 is 6.18 Å². The molecule has 0 radical (unpaired) electrons. The maximum Gasteiger partial charge on any atom is 0.433 e. The number of ether oxygens (including phenoxy) is 1. The van der Waals surface area contributed by atoms with Crippen LogP contribution in [0.2, 0.25) is 0 Å². The number of carbonyl (C=O) groups excluding carboxylic acids is 1. The Morgan fingerprint density at radius 1 is 1.11 bits per heavy atom. The lowest BCUT2D eigenvalue weighted by Crippen LogP contribution is -2.56. The second-order valence-electron chi connectivity index (χ2n) is 8.86. The van der Waals surface area contributed by atoms with E-state index in [1.807, 2.05) is 41.3 Å². The predicted octanol–water partition coefficient (Wildman–Crippen LogP) is 3.88. The zero-order valence-electron chi connectivity index (χ0n) is 20.1. The second-order valence-corrected chi connectivity index (χ2v) is 8.86. The number of rotatable bonds is 6. The number of nitrogens with zero attached hydrogens (tertiary/aromatic N) is 5. The molecular formula is C26H25F3N6O2. The molecule has 3 heterocycles. The minimum absolute atomic E-state index is 0.0617. The van der Waals surface area contributed by atoms with Crippen molar-refractivity contribution in [2.24, 2.45) is 0 Å². The Balaban J connectivity index is 1.47. The molecular weight excluding hydrogens is 485 g/mol. The van der Waals surface area contributed by atoms with E-state index in [-0.39, 0.29) is 29.6 Å². The molecule has 0 spiro atoms. The highest BCUT2D eigenvalue weighted by Gasteiger charge is 2.34. The number of H-pyrrole nitrogens is 1. The number of halogens is 3. The molecule has 4 aromatic rings. The fraction of sp³-hybridized carbons (Fsp3) is 0.308. The minimum atomic E-state index is -4.56. The van der Waals surface area contributed by atoms with Crippen LogP contribution in [-0.4, -0.2) is 63.8 Å². The number of methoxy groups -OCH3 is 1. The van der Waals surface area contributed by atoms with Crippen molar-refractivity contribution >= 4 is 22.5 Å². The molecule has 8 nitrogen and oxygen atoms in total. The average molecular weight is 511 g/mol. The van der Waals surface area contributed by atoms with Gasteiger partial charge in [0.2, 0.25) is 5.91 Å². The number of hydrogen-bond donors (Lipinski definition) is 1. The number of aromatic nitrogens is 4. The number of piperazine rings is 1. The molecule has 1 N–H and O–H groups in total. The maximum atomic E-state index is 13.4. The zero-order chi connectivity index (χ0) is 26.0. The number of aromatic amines is 1. The van der Waals surface area contributed by atoms with Crippen molar-refractivity contribution < 1.29 is 22.7 Å². The molecule has 2 aromatic carbocycles. The van der Waals surface area contributed by atoms with E-state index < -0.39 is 11.9 Å². The van der Waals surface area contributed by atoms with E-state index in [9.17, 15) is 18.0 Å². The highest BCUT2D eigenvalue weighted by atomic mass is 19.4. The summed E-state index contributed by atoms with van der Waals surface area (Å²) in [6.07, 6.45) is -2.45. The number of amides is 1. The summed E-state index contributed by atoms with van der Waals surface area (Å²) in [4.78, 5) is 25.1. The molecule has 1 unspecified atom stereocenters. The first kappa shape index (κ1) is 24.5. The van der Waals surface area contributed by atoms with Gasteiger partial charge in [-0.15, -0.1) is 0 Å². The Morgan fingerprint density at radius 2 is 1.92 bits per heavy atom. The Morgan fingerprint density at radius 3 is 2.62 bits per heavy atom. The molecule has 0 saturated carbocycles. The molecule has 1 fully saturated rings. The predicted molar refractivity (Wildman–Crippen MR) is 131 cm³/mol. The molecule has 37 heavy (non-hydrogen) atoms. The smallest absolute Gasteiger partial charge is 0.433 e. The standard InChI is InChI=1S/C26H25F3N6O2/c1-37-21-9-8-20(19-7-10-22(26(27,28)29)32-25(19)21)34-11-12-35(24(36)14-23-30-16-31-33-23)18(15-34)13-17-5-3-2-4-6-17/h2-10,16,18H,11-15H2,1H3,(H,30,31,33). The van der Waals surface area contributed by atoms with Gasteiger partial charge in [0, 0.05) is 30.7 Å². The van der Waals surface area contributed by atoms with Crippen LogP contribution in [0, 0.1) is 0 Å². The number of pyridine rings is 1. The van der Waals surface area contributed by atoms with Gasteiger partial charge in [0.05, 0.1) is 19.6 Å². The molecule has 1 aliphatic heterocycles. The summed E-state index contributed by atoms with van der Waals surface area (Å²) in [5.74, 6) is 0.707. The SMILES string of the molecule is COc1ccc(N2CCN(C(=O)Cc3ncn[nH]3)C(Cc3ccccc3)C2)c2ccc(C(F)(F)F)nc12. The van der Waals surface area contributed by atoms with Crippen molar-refractivity contribution in [1.82, 2.24) is 25.1 Å². The molecule has 5 rings (SSSR count). The van der Waals surface area contributed by atoms with Gasteiger partial charge in [0.15, 0.2) is 0 Å². The average Bonchev–Trinajstić information content (AvgIpc) is 3.40. The van der Waals surface area contributed by atoms with Crippen molar-refractivity contribution in [3.05, 3.63) is 78.0 Å². The third kappa shape index (κ3) is 5.20. The quantitative estimate of drug-likeness (QED) is 0.424. The summed E-state index contributed by atoms with van der Waals surface area (Å²) in [5, 5.41) is 7.12. The lowest BCUT2D eigenvalue weighted by molar-refractivity contribution is -0.141. The first-order valence-corrected chi connectivity index (χ1v) is 11.8. The largest absolute Gasteiger partial charge is 0.494 e. The van der Waals surface area contributed by atoms with Crippen molar-refractivity contribution in [2.45, 2.75) is 25.1 Å². The molecule has 1 atom stereocenters. The Kier molecular flexibility index (Phi) is 6.68. The monoisotopic (exact) mass is 510 g/mol. The molecule has 2 aromatic heterocycles. The van der Waals surface area contributed by atoms with E-state index in [0.29, 0.717) is 37.3 Å². The first-order chi connectivity index (χ1) is 17.8. The van der Waals surface area contributed by atoms with E-state index in [1.165, 1.54) is 19.5 Å². The molecule has 0 aliphatic carbocycles.